The van der Waals surface area contributed by atoms with Crippen LogP contribution < -0.4 is 5.01 Å². The number of anilines is 1. The second-order valence-corrected chi connectivity index (χ2v) is 6.00. The SMILES string of the molecule is CC1=NN(c2cccc(S(C)(=O)=O)c2)C(=O)C1. The molecule has 0 fully saturated rings. The number of benzene rings is 1. The standard InChI is InChI=1S/C11H12N2O3S/c1-8-6-11(14)13(12-8)9-4-3-5-10(7-9)17(2,15)16/h3-5,7H,6H2,1-2H3. The smallest absolute Gasteiger partial charge is 0.253 e. The summed E-state index contributed by atoms with van der Waals surface area (Å²) in [6.07, 6.45) is 1.41. The maximum Gasteiger partial charge on any atom is 0.253 e. The van der Waals surface area contributed by atoms with Gasteiger partial charge in [-0.25, -0.2) is 13.4 Å². The Labute approximate surface area is 99.7 Å². The summed E-state index contributed by atoms with van der Waals surface area (Å²) < 4.78 is 22.8. The van der Waals surface area contributed by atoms with Crippen molar-refractivity contribution in [2.75, 3.05) is 11.3 Å². The zero-order valence-corrected chi connectivity index (χ0v) is 10.4. The molecule has 1 aromatic rings. The lowest BCUT2D eigenvalue weighted by atomic mass is 10.3. The number of amides is 1. The van der Waals surface area contributed by atoms with Gasteiger partial charge in [0, 0.05) is 12.0 Å². The van der Waals surface area contributed by atoms with E-state index in [0.29, 0.717) is 5.69 Å². The monoisotopic (exact) mass is 252 g/mol. The molecule has 0 saturated carbocycles. The number of carbonyl (C=O) groups excluding carboxylic acids is 1. The molecule has 1 aliphatic heterocycles. The molecule has 0 N–H and O–H groups in total. The van der Waals surface area contributed by atoms with Crippen LogP contribution in [-0.4, -0.2) is 26.3 Å². The number of nitrogens with zero attached hydrogens (tertiary/aromatic N) is 2. The van der Waals surface area contributed by atoms with Gasteiger partial charge in [-0.1, -0.05) is 6.07 Å². The molecule has 90 valence electrons. The van der Waals surface area contributed by atoms with E-state index in [0.717, 1.165) is 12.0 Å². The molecule has 1 aromatic carbocycles. The molecular weight excluding hydrogens is 240 g/mol. The Bertz CT molecular complexity index is 605. The predicted molar refractivity (Wildman–Crippen MR) is 64.8 cm³/mol. The second kappa shape index (κ2) is 3.96. The van der Waals surface area contributed by atoms with Crippen LogP contribution in [0.25, 0.3) is 0 Å². The van der Waals surface area contributed by atoms with E-state index in [1.165, 1.54) is 17.1 Å². The highest BCUT2D eigenvalue weighted by Crippen LogP contribution is 2.23. The van der Waals surface area contributed by atoms with Crippen LogP contribution in [0.5, 0.6) is 0 Å². The van der Waals surface area contributed by atoms with E-state index < -0.39 is 9.84 Å². The van der Waals surface area contributed by atoms with Gasteiger partial charge < -0.3 is 0 Å². The molecule has 5 nitrogen and oxygen atoms in total. The minimum atomic E-state index is -3.27. The zero-order chi connectivity index (χ0) is 12.6. The Morgan fingerprint density at radius 2 is 2.06 bits per heavy atom. The predicted octanol–water partition coefficient (Wildman–Crippen LogP) is 1.20. The highest BCUT2D eigenvalue weighted by Gasteiger charge is 2.23. The Morgan fingerprint density at radius 1 is 1.35 bits per heavy atom. The second-order valence-electron chi connectivity index (χ2n) is 3.99. The van der Waals surface area contributed by atoms with E-state index in [2.05, 4.69) is 5.10 Å². The average Bonchev–Trinajstić information content (AvgIpc) is 2.57. The van der Waals surface area contributed by atoms with Crippen LogP contribution in [-0.2, 0) is 14.6 Å². The van der Waals surface area contributed by atoms with Crippen molar-refractivity contribution in [3.63, 3.8) is 0 Å². The molecule has 0 bridgehead atoms. The molecule has 0 radical (unpaired) electrons. The van der Waals surface area contributed by atoms with Crippen molar-refractivity contribution in [2.45, 2.75) is 18.2 Å². The van der Waals surface area contributed by atoms with E-state index >= 15 is 0 Å². The molecule has 1 amide bonds. The minimum absolute atomic E-state index is 0.145. The molecule has 0 atom stereocenters. The largest absolute Gasteiger partial charge is 0.272 e. The summed E-state index contributed by atoms with van der Waals surface area (Å²) in [6.45, 7) is 1.76. The summed E-state index contributed by atoms with van der Waals surface area (Å²) in [5.74, 6) is -0.145. The maximum absolute atomic E-state index is 11.6. The highest BCUT2D eigenvalue weighted by molar-refractivity contribution is 7.90. The van der Waals surface area contributed by atoms with Crippen molar-refractivity contribution in [3.05, 3.63) is 24.3 Å². The molecule has 17 heavy (non-hydrogen) atoms. The van der Waals surface area contributed by atoms with E-state index in [1.54, 1.807) is 19.1 Å². The number of carbonyl (C=O) groups is 1. The molecule has 0 unspecified atom stereocenters. The van der Waals surface area contributed by atoms with Gasteiger partial charge in [-0.2, -0.15) is 5.10 Å². The van der Waals surface area contributed by atoms with Crippen molar-refractivity contribution in [2.24, 2.45) is 5.10 Å². The van der Waals surface area contributed by atoms with Crippen LogP contribution in [0.3, 0.4) is 0 Å². The Balaban J connectivity index is 2.45. The van der Waals surface area contributed by atoms with E-state index in [4.69, 9.17) is 0 Å². The summed E-state index contributed by atoms with van der Waals surface area (Å²) in [4.78, 5) is 11.8. The number of hydrazone groups is 1. The minimum Gasteiger partial charge on any atom is -0.272 e. The quantitative estimate of drug-likeness (QED) is 0.794. The first-order valence-corrected chi connectivity index (χ1v) is 6.94. The molecule has 1 heterocycles. The molecule has 2 rings (SSSR count). The van der Waals surface area contributed by atoms with Gasteiger partial charge in [0.1, 0.15) is 0 Å². The van der Waals surface area contributed by atoms with Crippen LogP contribution in [0.2, 0.25) is 0 Å². The molecule has 1 aliphatic rings. The van der Waals surface area contributed by atoms with Crippen molar-refractivity contribution >= 4 is 27.1 Å². The lowest BCUT2D eigenvalue weighted by Gasteiger charge is -2.12. The van der Waals surface area contributed by atoms with E-state index in [-0.39, 0.29) is 17.2 Å². The third-order valence-corrected chi connectivity index (χ3v) is 3.51. The van der Waals surface area contributed by atoms with E-state index in [9.17, 15) is 13.2 Å². The van der Waals surface area contributed by atoms with Gasteiger partial charge in [0.05, 0.1) is 17.0 Å². The maximum atomic E-state index is 11.6. The van der Waals surface area contributed by atoms with Gasteiger partial charge >= 0.3 is 0 Å². The van der Waals surface area contributed by atoms with Crippen molar-refractivity contribution < 1.29 is 13.2 Å². The van der Waals surface area contributed by atoms with Crippen molar-refractivity contribution in [1.29, 1.82) is 0 Å². The molecule has 6 heteroatoms. The lowest BCUT2D eigenvalue weighted by molar-refractivity contribution is -0.116. The van der Waals surface area contributed by atoms with Gasteiger partial charge in [0.25, 0.3) is 5.91 Å². The first-order valence-electron chi connectivity index (χ1n) is 5.05. The fourth-order valence-corrected chi connectivity index (χ4v) is 2.26. The van der Waals surface area contributed by atoms with Crippen LogP contribution in [0.1, 0.15) is 13.3 Å². The fourth-order valence-electron chi connectivity index (χ4n) is 1.60. The number of sulfone groups is 1. The van der Waals surface area contributed by atoms with Crippen LogP contribution in [0.4, 0.5) is 5.69 Å². The van der Waals surface area contributed by atoms with Crippen LogP contribution in [0.15, 0.2) is 34.3 Å². The van der Waals surface area contributed by atoms with Gasteiger partial charge in [0.2, 0.25) is 0 Å². The van der Waals surface area contributed by atoms with E-state index in [1.807, 2.05) is 0 Å². The summed E-state index contributed by atoms with van der Waals surface area (Å²) >= 11 is 0. The molecule has 0 spiro atoms. The normalized spacial score (nSPS) is 16.2. The number of hydrogen-bond donors (Lipinski definition) is 0. The van der Waals surface area contributed by atoms with Gasteiger partial charge in [-0.05, 0) is 25.1 Å². The molecular formula is C11H12N2O3S. The Kier molecular flexibility index (Phi) is 2.74. The Hall–Kier alpha value is -1.69. The van der Waals surface area contributed by atoms with Crippen LogP contribution >= 0.6 is 0 Å². The Morgan fingerprint density at radius 3 is 2.59 bits per heavy atom. The summed E-state index contributed by atoms with van der Waals surface area (Å²) in [7, 11) is -3.27. The lowest BCUT2D eigenvalue weighted by Crippen LogP contribution is -2.19. The summed E-state index contributed by atoms with van der Waals surface area (Å²) in [5, 5.41) is 5.31. The average molecular weight is 252 g/mol. The van der Waals surface area contributed by atoms with Gasteiger partial charge in [-0.15, -0.1) is 0 Å². The highest BCUT2D eigenvalue weighted by atomic mass is 32.2. The van der Waals surface area contributed by atoms with Gasteiger partial charge in [-0.3, -0.25) is 4.79 Å². The van der Waals surface area contributed by atoms with Gasteiger partial charge in [0.15, 0.2) is 9.84 Å². The topological polar surface area (TPSA) is 66.8 Å². The molecule has 0 aliphatic carbocycles. The molecule has 0 saturated heterocycles. The summed E-state index contributed by atoms with van der Waals surface area (Å²) in [5.41, 5.74) is 1.20. The third kappa shape index (κ3) is 2.36. The fraction of sp³-hybridized carbons (Fsp3) is 0.273. The van der Waals surface area contributed by atoms with Crippen molar-refractivity contribution in [1.82, 2.24) is 0 Å². The third-order valence-electron chi connectivity index (χ3n) is 2.40. The first kappa shape index (κ1) is 11.8. The first-order chi connectivity index (χ1) is 7.88. The number of rotatable bonds is 2. The summed E-state index contributed by atoms with van der Waals surface area (Å²) in [6, 6.07) is 6.21. The molecule has 0 aromatic heterocycles. The van der Waals surface area contributed by atoms with Crippen LogP contribution in [0, 0.1) is 0 Å². The number of hydrogen-bond acceptors (Lipinski definition) is 4. The van der Waals surface area contributed by atoms with Crippen molar-refractivity contribution in [3.8, 4) is 0 Å². The zero-order valence-electron chi connectivity index (χ0n) is 9.54.